The number of rotatable bonds is 3. The third-order valence-electron chi connectivity index (χ3n) is 4.56. The molecule has 27 heavy (non-hydrogen) atoms. The zero-order chi connectivity index (χ0) is 19.8. The lowest BCUT2D eigenvalue weighted by Crippen LogP contribution is -2.39. The van der Waals surface area contributed by atoms with Crippen LogP contribution in [0, 0.1) is 13.8 Å². The normalized spacial score (nSPS) is 19.9. The number of anilines is 1. The average Bonchev–Trinajstić information content (AvgIpc) is 3.07. The van der Waals surface area contributed by atoms with Gasteiger partial charge in [-0.25, -0.2) is 10.9 Å². The summed E-state index contributed by atoms with van der Waals surface area (Å²) in [6, 6.07) is 7.44. The predicted molar refractivity (Wildman–Crippen MR) is 95.1 cm³/mol. The molecular formula is C19H20F3N3O2. The molecule has 144 valence electrons. The van der Waals surface area contributed by atoms with Gasteiger partial charge in [0, 0.05) is 5.56 Å². The number of phenolic OH excluding ortho intramolecular Hbond substituents is 1. The number of benzene rings is 2. The summed E-state index contributed by atoms with van der Waals surface area (Å²) in [6.07, 6.45) is -4.27. The fourth-order valence-corrected chi connectivity index (χ4v) is 3.25. The van der Waals surface area contributed by atoms with Crippen LogP contribution in [0.15, 0.2) is 36.4 Å². The predicted octanol–water partition coefficient (Wildman–Crippen LogP) is 3.57. The minimum Gasteiger partial charge on any atom is -0.507 e. The van der Waals surface area contributed by atoms with Crippen molar-refractivity contribution in [2.45, 2.75) is 38.5 Å². The van der Waals surface area contributed by atoms with Gasteiger partial charge in [0.05, 0.1) is 17.3 Å². The van der Waals surface area contributed by atoms with E-state index in [0.717, 1.165) is 17.2 Å². The Morgan fingerprint density at radius 3 is 2.59 bits per heavy atom. The number of carbonyl (C=O) groups excluding carboxylic acids is 1. The molecule has 1 aliphatic heterocycles. The van der Waals surface area contributed by atoms with Crippen LogP contribution in [0.5, 0.6) is 5.75 Å². The van der Waals surface area contributed by atoms with Crippen LogP contribution < -0.4 is 16.2 Å². The Hall–Kier alpha value is -2.58. The van der Waals surface area contributed by atoms with Crippen LogP contribution in [0.2, 0.25) is 0 Å². The molecule has 2 atom stereocenters. The van der Waals surface area contributed by atoms with Crippen molar-refractivity contribution in [3.05, 3.63) is 58.7 Å². The maximum absolute atomic E-state index is 13.1. The molecule has 1 saturated heterocycles. The van der Waals surface area contributed by atoms with Crippen LogP contribution in [0.3, 0.4) is 0 Å². The number of hydrogen-bond donors (Lipinski definition) is 4. The number of hydrogen-bond acceptors (Lipinski definition) is 4. The van der Waals surface area contributed by atoms with Crippen molar-refractivity contribution in [2.24, 2.45) is 0 Å². The van der Waals surface area contributed by atoms with Gasteiger partial charge in [0.25, 0.3) is 0 Å². The van der Waals surface area contributed by atoms with Crippen LogP contribution >= 0.6 is 0 Å². The Kier molecular flexibility index (Phi) is 5.12. The van der Waals surface area contributed by atoms with Gasteiger partial charge in [-0.15, -0.1) is 0 Å². The van der Waals surface area contributed by atoms with Gasteiger partial charge in [-0.05, 0) is 38.0 Å². The molecule has 0 saturated carbocycles. The van der Waals surface area contributed by atoms with Crippen molar-refractivity contribution < 1.29 is 23.1 Å². The Bertz CT molecular complexity index is 868. The number of phenols is 1. The van der Waals surface area contributed by atoms with Crippen molar-refractivity contribution in [3.8, 4) is 5.75 Å². The van der Waals surface area contributed by atoms with Gasteiger partial charge >= 0.3 is 6.18 Å². The Morgan fingerprint density at radius 2 is 1.89 bits per heavy atom. The number of para-hydroxylation sites is 1. The SMILES string of the molecule is Cc1cc(C)c(O)c(C2CC(C(=O)Nc3ccccc3C(F)(F)F)NN2)c1. The van der Waals surface area contributed by atoms with Crippen molar-refractivity contribution in [2.75, 3.05) is 5.32 Å². The molecule has 1 amide bonds. The third kappa shape index (κ3) is 4.06. The first-order valence-electron chi connectivity index (χ1n) is 8.45. The van der Waals surface area contributed by atoms with Crippen LogP contribution in [0.25, 0.3) is 0 Å². The molecule has 5 nitrogen and oxygen atoms in total. The fraction of sp³-hybridized carbons (Fsp3) is 0.316. The van der Waals surface area contributed by atoms with Crippen molar-refractivity contribution in [1.29, 1.82) is 0 Å². The molecule has 3 rings (SSSR count). The number of amides is 1. The molecular weight excluding hydrogens is 359 g/mol. The van der Waals surface area contributed by atoms with Gasteiger partial charge in [-0.1, -0.05) is 29.8 Å². The number of halogens is 3. The van der Waals surface area contributed by atoms with E-state index in [2.05, 4.69) is 16.2 Å². The van der Waals surface area contributed by atoms with Gasteiger partial charge in [0.15, 0.2) is 0 Å². The van der Waals surface area contributed by atoms with Crippen LogP contribution in [-0.4, -0.2) is 17.1 Å². The molecule has 0 radical (unpaired) electrons. The molecule has 2 aromatic carbocycles. The van der Waals surface area contributed by atoms with E-state index < -0.39 is 23.7 Å². The lowest BCUT2D eigenvalue weighted by molar-refractivity contribution is -0.137. The highest BCUT2D eigenvalue weighted by Gasteiger charge is 2.36. The van der Waals surface area contributed by atoms with E-state index in [4.69, 9.17) is 0 Å². The second-order valence-corrected chi connectivity index (χ2v) is 6.68. The monoisotopic (exact) mass is 379 g/mol. The number of alkyl halides is 3. The second kappa shape index (κ2) is 7.21. The van der Waals surface area contributed by atoms with Crippen LogP contribution in [-0.2, 0) is 11.0 Å². The second-order valence-electron chi connectivity index (χ2n) is 6.68. The van der Waals surface area contributed by atoms with Gasteiger partial charge in [-0.3, -0.25) is 4.79 Å². The largest absolute Gasteiger partial charge is 0.507 e. The molecule has 2 aromatic rings. The lowest BCUT2D eigenvalue weighted by atomic mass is 9.96. The summed E-state index contributed by atoms with van der Waals surface area (Å²) >= 11 is 0. The zero-order valence-corrected chi connectivity index (χ0v) is 14.8. The quantitative estimate of drug-likeness (QED) is 0.658. The summed E-state index contributed by atoms with van der Waals surface area (Å²) in [4.78, 5) is 12.4. The topological polar surface area (TPSA) is 73.4 Å². The number of aromatic hydroxyl groups is 1. The summed E-state index contributed by atoms with van der Waals surface area (Å²) in [5.41, 5.74) is 6.89. The standard InChI is InChI=1S/C19H20F3N3O2/c1-10-7-11(2)17(26)12(8-10)15-9-16(25-24-15)18(27)23-14-6-4-3-5-13(14)19(20,21)22/h3-8,15-16,24-26H,9H2,1-2H3,(H,23,27). The van der Waals surface area contributed by atoms with Crippen molar-refractivity contribution in [3.63, 3.8) is 0 Å². The number of hydrazine groups is 1. The van der Waals surface area contributed by atoms with Crippen molar-refractivity contribution in [1.82, 2.24) is 10.9 Å². The average molecular weight is 379 g/mol. The fourth-order valence-electron chi connectivity index (χ4n) is 3.25. The minimum atomic E-state index is -4.56. The smallest absolute Gasteiger partial charge is 0.418 e. The molecule has 0 aromatic heterocycles. The van der Waals surface area contributed by atoms with Gasteiger partial charge in [-0.2, -0.15) is 13.2 Å². The molecule has 4 N–H and O–H groups in total. The summed E-state index contributed by atoms with van der Waals surface area (Å²) in [5, 5.41) is 12.6. The van der Waals surface area contributed by atoms with Crippen LogP contribution in [0.1, 0.15) is 34.7 Å². The van der Waals surface area contributed by atoms with E-state index in [1.165, 1.54) is 18.2 Å². The molecule has 0 bridgehead atoms. The molecule has 0 spiro atoms. The molecule has 1 aliphatic rings. The van der Waals surface area contributed by atoms with E-state index in [1.54, 1.807) is 6.92 Å². The van der Waals surface area contributed by atoms with Crippen LogP contribution in [0.4, 0.5) is 18.9 Å². The van der Waals surface area contributed by atoms with E-state index in [-0.39, 0.29) is 23.9 Å². The Morgan fingerprint density at radius 1 is 1.19 bits per heavy atom. The highest BCUT2D eigenvalue weighted by molar-refractivity contribution is 5.95. The maximum atomic E-state index is 13.1. The first kappa shape index (κ1) is 19.2. The molecule has 1 heterocycles. The maximum Gasteiger partial charge on any atom is 0.418 e. The Balaban J connectivity index is 1.74. The summed E-state index contributed by atoms with van der Waals surface area (Å²) < 4.78 is 39.2. The highest BCUT2D eigenvalue weighted by Crippen LogP contribution is 2.36. The summed E-state index contributed by atoms with van der Waals surface area (Å²) in [7, 11) is 0. The first-order chi connectivity index (χ1) is 12.7. The molecule has 2 unspecified atom stereocenters. The van der Waals surface area contributed by atoms with Gasteiger partial charge < -0.3 is 10.4 Å². The Labute approximate surface area is 154 Å². The summed E-state index contributed by atoms with van der Waals surface area (Å²) in [6.45, 7) is 3.68. The first-order valence-corrected chi connectivity index (χ1v) is 8.45. The minimum absolute atomic E-state index is 0.142. The lowest BCUT2D eigenvalue weighted by Gasteiger charge is -2.16. The number of carbonyl (C=O) groups is 1. The van der Waals surface area contributed by atoms with E-state index >= 15 is 0 Å². The highest BCUT2D eigenvalue weighted by atomic mass is 19.4. The van der Waals surface area contributed by atoms with E-state index in [1.807, 2.05) is 19.1 Å². The molecule has 0 aliphatic carbocycles. The summed E-state index contributed by atoms with van der Waals surface area (Å²) in [5.74, 6) is -0.436. The number of nitrogens with one attached hydrogen (secondary N) is 3. The molecule has 8 heteroatoms. The zero-order valence-electron chi connectivity index (χ0n) is 14.8. The number of aryl methyl sites for hydroxylation is 2. The van der Waals surface area contributed by atoms with Gasteiger partial charge in [0.2, 0.25) is 5.91 Å². The van der Waals surface area contributed by atoms with E-state index in [9.17, 15) is 23.1 Å². The van der Waals surface area contributed by atoms with Gasteiger partial charge in [0.1, 0.15) is 11.8 Å². The van der Waals surface area contributed by atoms with E-state index in [0.29, 0.717) is 5.56 Å². The third-order valence-corrected chi connectivity index (χ3v) is 4.56. The molecule has 1 fully saturated rings. The van der Waals surface area contributed by atoms with Crippen molar-refractivity contribution >= 4 is 11.6 Å².